The molecule has 0 unspecified atom stereocenters. The van der Waals surface area contributed by atoms with Crippen molar-refractivity contribution in [3.05, 3.63) is 72.3 Å². The predicted octanol–water partition coefficient (Wildman–Crippen LogP) is 4.29. The van der Waals surface area contributed by atoms with E-state index in [1.807, 2.05) is 42.5 Å². The standard InChI is InChI=1S/C18H19NO/c1-2-10-17(11-3-1)20-18-12-6-7-15(13-18)14-19-16-8-4-5-9-16/h1-7,10-13,16,19H,8-9,14H2. The van der Waals surface area contributed by atoms with Crippen LogP contribution in [-0.4, -0.2) is 6.04 Å². The molecule has 0 spiro atoms. The second-order valence-electron chi connectivity index (χ2n) is 5.08. The molecule has 0 amide bonds. The van der Waals surface area contributed by atoms with E-state index in [4.69, 9.17) is 4.74 Å². The Morgan fingerprint density at radius 1 is 0.900 bits per heavy atom. The van der Waals surface area contributed by atoms with Gasteiger partial charge in [0.2, 0.25) is 0 Å². The van der Waals surface area contributed by atoms with Crippen LogP contribution < -0.4 is 10.1 Å². The van der Waals surface area contributed by atoms with Crippen LogP contribution in [0.25, 0.3) is 0 Å². The van der Waals surface area contributed by atoms with Crippen LogP contribution in [0, 0.1) is 0 Å². The zero-order valence-electron chi connectivity index (χ0n) is 11.5. The molecule has 1 N–H and O–H groups in total. The van der Waals surface area contributed by atoms with E-state index < -0.39 is 0 Å². The highest BCUT2D eigenvalue weighted by atomic mass is 16.5. The Balaban J connectivity index is 1.60. The first-order valence-electron chi connectivity index (χ1n) is 7.10. The summed E-state index contributed by atoms with van der Waals surface area (Å²) in [6, 6.07) is 18.7. The molecule has 20 heavy (non-hydrogen) atoms. The van der Waals surface area contributed by atoms with Gasteiger partial charge in [0.15, 0.2) is 0 Å². The minimum Gasteiger partial charge on any atom is -0.457 e. The Morgan fingerprint density at radius 2 is 1.65 bits per heavy atom. The van der Waals surface area contributed by atoms with E-state index in [2.05, 4.69) is 29.6 Å². The molecule has 2 nitrogen and oxygen atoms in total. The second kappa shape index (κ2) is 6.40. The number of para-hydroxylation sites is 1. The van der Waals surface area contributed by atoms with Crippen molar-refractivity contribution < 1.29 is 4.74 Å². The van der Waals surface area contributed by atoms with Gasteiger partial charge < -0.3 is 10.1 Å². The van der Waals surface area contributed by atoms with E-state index >= 15 is 0 Å². The highest BCUT2D eigenvalue weighted by Gasteiger charge is 2.09. The van der Waals surface area contributed by atoms with Crippen LogP contribution in [0.1, 0.15) is 18.4 Å². The third kappa shape index (κ3) is 3.49. The molecule has 2 aromatic carbocycles. The number of benzene rings is 2. The monoisotopic (exact) mass is 265 g/mol. The van der Waals surface area contributed by atoms with Crippen molar-refractivity contribution in [2.45, 2.75) is 25.4 Å². The molecule has 1 aliphatic carbocycles. The molecule has 0 radical (unpaired) electrons. The van der Waals surface area contributed by atoms with Crippen molar-refractivity contribution in [2.24, 2.45) is 0 Å². The van der Waals surface area contributed by atoms with Crippen LogP contribution in [0.5, 0.6) is 11.5 Å². The molecular weight excluding hydrogens is 246 g/mol. The summed E-state index contributed by atoms with van der Waals surface area (Å²) in [5, 5.41) is 3.57. The van der Waals surface area contributed by atoms with Crippen LogP contribution in [-0.2, 0) is 6.54 Å². The summed E-state index contributed by atoms with van der Waals surface area (Å²) in [4.78, 5) is 0. The maximum Gasteiger partial charge on any atom is 0.127 e. The lowest BCUT2D eigenvalue weighted by Gasteiger charge is -2.12. The topological polar surface area (TPSA) is 21.3 Å². The smallest absolute Gasteiger partial charge is 0.127 e. The average Bonchev–Trinajstić information content (AvgIpc) is 3.00. The Hall–Kier alpha value is -2.06. The molecule has 3 rings (SSSR count). The average molecular weight is 265 g/mol. The van der Waals surface area contributed by atoms with Crippen molar-refractivity contribution in [3.8, 4) is 11.5 Å². The van der Waals surface area contributed by atoms with E-state index in [0.717, 1.165) is 30.9 Å². The molecule has 0 saturated heterocycles. The van der Waals surface area contributed by atoms with Crippen molar-refractivity contribution in [3.63, 3.8) is 0 Å². The molecule has 0 atom stereocenters. The maximum atomic E-state index is 5.85. The second-order valence-corrected chi connectivity index (χ2v) is 5.08. The highest BCUT2D eigenvalue weighted by Crippen LogP contribution is 2.22. The summed E-state index contributed by atoms with van der Waals surface area (Å²) >= 11 is 0. The summed E-state index contributed by atoms with van der Waals surface area (Å²) in [5.41, 5.74) is 1.25. The fourth-order valence-corrected chi connectivity index (χ4v) is 2.39. The number of ether oxygens (including phenoxy) is 1. The van der Waals surface area contributed by atoms with E-state index in [0.29, 0.717) is 6.04 Å². The van der Waals surface area contributed by atoms with Crippen LogP contribution in [0.4, 0.5) is 0 Å². The van der Waals surface area contributed by atoms with Gasteiger partial charge in [0.05, 0.1) is 0 Å². The van der Waals surface area contributed by atoms with E-state index in [9.17, 15) is 0 Å². The highest BCUT2D eigenvalue weighted by molar-refractivity contribution is 5.33. The zero-order chi connectivity index (χ0) is 13.6. The van der Waals surface area contributed by atoms with Crippen molar-refractivity contribution in [2.75, 3.05) is 0 Å². The molecule has 0 aromatic heterocycles. The van der Waals surface area contributed by atoms with Gasteiger partial charge in [-0.2, -0.15) is 0 Å². The third-order valence-electron chi connectivity index (χ3n) is 3.48. The largest absolute Gasteiger partial charge is 0.457 e. The molecule has 2 heteroatoms. The summed E-state index contributed by atoms with van der Waals surface area (Å²) < 4.78 is 5.85. The lowest BCUT2D eigenvalue weighted by atomic mass is 10.2. The molecule has 102 valence electrons. The summed E-state index contributed by atoms with van der Waals surface area (Å²) in [6.07, 6.45) is 6.76. The lowest BCUT2D eigenvalue weighted by Crippen LogP contribution is -2.25. The Morgan fingerprint density at radius 3 is 2.45 bits per heavy atom. The first-order chi connectivity index (χ1) is 9.90. The Kier molecular flexibility index (Phi) is 4.14. The first-order valence-corrected chi connectivity index (χ1v) is 7.10. The van der Waals surface area contributed by atoms with Gasteiger partial charge in [-0.3, -0.25) is 0 Å². The summed E-state index contributed by atoms with van der Waals surface area (Å²) in [5.74, 6) is 1.76. The third-order valence-corrected chi connectivity index (χ3v) is 3.48. The van der Waals surface area contributed by atoms with Gasteiger partial charge in [0, 0.05) is 12.6 Å². The maximum absolute atomic E-state index is 5.85. The Bertz CT molecular complexity index is 569. The van der Waals surface area contributed by atoms with Gasteiger partial charge >= 0.3 is 0 Å². The molecular formula is C18H19NO. The van der Waals surface area contributed by atoms with Gasteiger partial charge in [-0.1, -0.05) is 42.5 Å². The molecule has 0 bridgehead atoms. The Labute approximate surface area is 120 Å². The molecule has 0 saturated carbocycles. The van der Waals surface area contributed by atoms with Gasteiger partial charge in [-0.05, 0) is 42.7 Å². The normalized spacial score (nSPS) is 14.6. The molecule has 0 aliphatic heterocycles. The van der Waals surface area contributed by atoms with E-state index in [1.54, 1.807) is 0 Å². The lowest BCUT2D eigenvalue weighted by molar-refractivity contribution is 0.480. The minimum atomic E-state index is 0.591. The van der Waals surface area contributed by atoms with Crippen LogP contribution in [0.15, 0.2) is 66.7 Å². The van der Waals surface area contributed by atoms with Crippen LogP contribution >= 0.6 is 0 Å². The molecule has 0 fully saturated rings. The van der Waals surface area contributed by atoms with Gasteiger partial charge in [-0.15, -0.1) is 0 Å². The van der Waals surface area contributed by atoms with Crippen LogP contribution in [0.3, 0.4) is 0 Å². The van der Waals surface area contributed by atoms with Gasteiger partial charge in [0.1, 0.15) is 11.5 Å². The van der Waals surface area contributed by atoms with Crippen molar-refractivity contribution >= 4 is 0 Å². The fourth-order valence-electron chi connectivity index (χ4n) is 2.39. The van der Waals surface area contributed by atoms with Crippen molar-refractivity contribution in [1.29, 1.82) is 0 Å². The number of hydrogen-bond donors (Lipinski definition) is 1. The summed E-state index contributed by atoms with van der Waals surface area (Å²) in [7, 11) is 0. The molecule has 2 aromatic rings. The minimum absolute atomic E-state index is 0.591. The summed E-state index contributed by atoms with van der Waals surface area (Å²) in [6.45, 7) is 0.887. The van der Waals surface area contributed by atoms with Crippen molar-refractivity contribution in [1.82, 2.24) is 5.32 Å². The fraction of sp³-hybridized carbons (Fsp3) is 0.222. The van der Waals surface area contributed by atoms with Crippen LogP contribution in [0.2, 0.25) is 0 Å². The number of rotatable bonds is 5. The molecule has 1 aliphatic rings. The van der Waals surface area contributed by atoms with Gasteiger partial charge in [-0.25, -0.2) is 0 Å². The van der Waals surface area contributed by atoms with E-state index in [1.165, 1.54) is 5.56 Å². The first kappa shape index (κ1) is 12.9. The predicted molar refractivity (Wildman–Crippen MR) is 82.0 cm³/mol. The SMILES string of the molecule is C1=CCC(NCc2cccc(Oc3ccccc3)c2)C1. The number of hydrogen-bond acceptors (Lipinski definition) is 2. The van der Waals surface area contributed by atoms with Gasteiger partial charge in [0.25, 0.3) is 0 Å². The molecule has 0 heterocycles. The number of nitrogens with one attached hydrogen (secondary N) is 1. The van der Waals surface area contributed by atoms with E-state index in [-0.39, 0.29) is 0 Å². The zero-order valence-corrected chi connectivity index (χ0v) is 11.5. The quantitative estimate of drug-likeness (QED) is 0.814.